The van der Waals surface area contributed by atoms with Gasteiger partial charge < -0.3 is 40.2 Å². The Hall–Kier alpha value is -4.47. The number of aromatic nitrogens is 1. The number of hydrogen-bond donors (Lipinski definition) is 6. The summed E-state index contributed by atoms with van der Waals surface area (Å²) in [6.07, 6.45) is 3.43. The molecule has 1 amide bonds. The number of aliphatic hydroxyl groups excluding tert-OH is 2. The number of methoxy groups -OCH3 is 1. The number of aromatic amines is 1. The summed E-state index contributed by atoms with van der Waals surface area (Å²) in [6.45, 7) is -0.0243. The Balaban J connectivity index is 1.39. The first-order valence-electron chi connectivity index (χ1n) is 12.1. The molecule has 0 aliphatic rings. The molecule has 198 valence electrons. The first-order chi connectivity index (χ1) is 18.4. The van der Waals surface area contributed by atoms with Crippen LogP contribution in [0.15, 0.2) is 72.9 Å². The smallest absolute Gasteiger partial charge is 0.244 e. The molecule has 4 aromatic rings. The first-order valence-corrected chi connectivity index (χ1v) is 12.1. The van der Waals surface area contributed by atoms with Crippen LogP contribution in [0.2, 0.25) is 0 Å². The lowest BCUT2D eigenvalue weighted by Crippen LogP contribution is -2.29. The lowest BCUT2D eigenvalue weighted by atomic mass is 10.0. The molecular weight excluding hydrogens is 488 g/mol. The minimum Gasteiger partial charge on any atom is -0.508 e. The molecule has 38 heavy (non-hydrogen) atoms. The average molecular weight is 519 g/mol. The van der Waals surface area contributed by atoms with Gasteiger partial charge in [-0.15, -0.1) is 0 Å². The van der Waals surface area contributed by atoms with Gasteiger partial charge in [0.05, 0.1) is 13.7 Å². The van der Waals surface area contributed by atoms with Gasteiger partial charge in [-0.05, 0) is 71.7 Å². The van der Waals surface area contributed by atoms with Crippen molar-refractivity contribution in [3.05, 3.63) is 89.6 Å². The summed E-state index contributed by atoms with van der Waals surface area (Å²) >= 11 is 0. The number of ether oxygens (including phenoxy) is 2. The van der Waals surface area contributed by atoms with Crippen molar-refractivity contribution in [1.82, 2.24) is 10.3 Å². The molecule has 9 nitrogen and oxygen atoms in total. The van der Waals surface area contributed by atoms with Crippen molar-refractivity contribution in [3.63, 3.8) is 0 Å². The van der Waals surface area contributed by atoms with Crippen LogP contribution in [0.3, 0.4) is 0 Å². The second-order valence-corrected chi connectivity index (χ2v) is 8.70. The van der Waals surface area contributed by atoms with E-state index in [4.69, 9.17) is 9.47 Å². The quantitative estimate of drug-likeness (QED) is 0.167. The second kappa shape index (κ2) is 12.2. The van der Waals surface area contributed by atoms with Gasteiger partial charge >= 0.3 is 0 Å². The number of carbonyl (C=O) groups excluding carboxylic acids is 1. The SMILES string of the molecule is COc1cc(C(O)C(CO)Oc2ccc3[nH]cc(CCNC(=O)C=Cc4ccc(O)cc4)c3c2)ccc1O. The molecule has 3 aromatic carbocycles. The monoisotopic (exact) mass is 518 g/mol. The predicted octanol–water partition coefficient (Wildman–Crippen LogP) is 3.43. The Morgan fingerprint density at radius 3 is 2.61 bits per heavy atom. The summed E-state index contributed by atoms with van der Waals surface area (Å²) in [6, 6.07) is 16.4. The molecule has 9 heteroatoms. The highest BCUT2D eigenvalue weighted by Gasteiger charge is 2.23. The van der Waals surface area contributed by atoms with Crippen molar-refractivity contribution in [3.8, 4) is 23.0 Å². The standard InChI is InChI=1S/C29H30N2O7/c1-37-26-14-19(5-10-25(26)34)29(36)27(17-32)38-22-8-9-24-23(15-22)20(16-31-24)12-13-30-28(35)11-4-18-2-6-21(33)7-3-18/h2-11,14-16,27,29,31-34,36H,12-13,17H2,1H3,(H,30,35). The first kappa shape index (κ1) is 26.6. The van der Waals surface area contributed by atoms with Gasteiger partial charge in [0.25, 0.3) is 0 Å². The molecular formula is C29H30N2O7. The number of hydrogen-bond acceptors (Lipinski definition) is 7. The maximum Gasteiger partial charge on any atom is 0.244 e. The van der Waals surface area contributed by atoms with E-state index in [1.807, 2.05) is 18.3 Å². The summed E-state index contributed by atoms with van der Waals surface area (Å²) in [4.78, 5) is 15.4. The fourth-order valence-electron chi connectivity index (χ4n) is 4.04. The molecule has 0 radical (unpaired) electrons. The molecule has 0 aliphatic heterocycles. The van der Waals surface area contributed by atoms with Crippen LogP contribution in [0, 0.1) is 0 Å². The van der Waals surface area contributed by atoms with Crippen molar-refractivity contribution in [2.24, 2.45) is 0 Å². The van der Waals surface area contributed by atoms with E-state index in [2.05, 4.69) is 10.3 Å². The van der Waals surface area contributed by atoms with Gasteiger partial charge in [0.2, 0.25) is 5.91 Å². The molecule has 4 rings (SSSR count). The molecule has 1 aromatic heterocycles. The van der Waals surface area contributed by atoms with Crippen LogP contribution in [0.1, 0.15) is 22.8 Å². The van der Waals surface area contributed by atoms with Gasteiger partial charge in [-0.3, -0.25) is 4.79 Å². The van der Waals surface area contributed by atoms with Crippen molar-refractivity contribution in [1.29, 1.82) is 0 Å². The van der Waals surface area contributed by atoms with Crippen molar-refractivity contribution in [2.45, 2.75) is 18.6 Å². The number of rotatable bonds is 11. The molecule has 0 saturated heterocycles. The van der Waals surface area contributed by atoms with E-state index in [0.29, 0.717) is 24.3 Å². The van der Waals surface area contributed by atoms with E-state index >= 15 is 0 Å². The summed E-state index contributed by atoms with van der Waals surface area (Å²) in [7, 11) is 1.41. The molecule has 1 heterocycles. The number of nitrogens with one attached hydrogen (secondary N) is 2. The molecule has 0 saturated carbocycles. The summed E-state index contributed by atoms with van der Waals surface area (Å²) in [5.74, 6) is 0.551. The van der Waals surface area contributed by atoms with Crippen LogP contribution in [-0.2, 0) is 11.2 Å². The van der Waals surface area contributed by atoms with Gasteiger partial charge in [0.1, 0.15) is 17.6 Å². The van der Waals surface area contributed by atoms with Crippen molar-refractivity contribution < 1.29 is 34.7 Å². The number of phenols is 2. The second-order valence-electron chi connectivity index (χ2n) is 8.70. The maximum absolute atomic E-state index is 12.2. The van der Waals surface area contributed by atoms with Crippen LogP contribution >= 0.6 is 0 Å². The van der Waals surface area contributed by atoms with Crippen LogP contribution in [0.25, 0.3) is 17.0 Å². The lowest BCUT2D eigenvalue weighted by molar-refractivity contribution is -0.116. The van der Waals surface area contributed by atoms with Gasteiger partial charge in [-0.1, -0.05) is 18.2 Å². The topological polar surface area (TPSA) is 144 Å². The van der Waals surface area contributed by atoms with Crippen LogP contribution in [-0.4, -0.2) is 57.7 Å². The Morgan fingerprint density at radius 2 is 1.87 bits per heavy atom. The third kappa shape index (κ3) is 6.44. The highest BCUT2D eigenvalue weighted by Crippen LogP contribution is 2.32. The molecule has 2 atom stereocenters. The number of aromatic hydroxyl groups is 2. The lowest BCUT2D eigenvalue weighted by Gasteiger charge is -2.23. The zero-order chi connectivity index (χ0) is 27.1. The maximum atomic E-state index is 12.2. The molecule has 0 aliphatic carbocycles. The van der Waals surface area contributed by atoms with Crippen LogP contribution in [0.4, 0.5) is 0 Å². The average Bonchev–Trinajstić information content (AvgIpc) is 3.33. The Bertz CT molecular complexity index is 1410. The number of H-pyrrole nitrogens is 1. The van der Waals surface area contributed by atoms with E-state index < -0.39 is 18.8 Å². The molecule has 2 unspecified atom stereocenters. The summed E-state index contributed by atoms with van der Waals surface area (Å²) < 4.78 is 11.0. The predicted molar refractivity (Wildman–Crippen MR) is 143 cm³/mol. The zero-order valence-electron chi connectivity index (χ0n) is 20.8. The summed E-state index contributed by atoms with van der Waals surface area (Å²) in [5, 5.41) is 43.6. The zero-order valence-corrected chi connectivity index (χ0v) is 20.8. The van der Waals surface area contributed by atoms with E-state index in [-0.39, 0.29) is 23.2 Å². The number of aliphatic hydroxyl groups is 2. The Morgan fingerprint density at radius 1 is 1.08 bits per heavy atom. The number of amides is 1. The Labute approximate surface area is 219 Å². The third-order valence-electron chi connectivity index (χ3n) is 6.12. The van der Waals surface area contributed by atoms with E-state index in [0.717, 1.165) is 22.0 Å². The fourth-order valence-corrected chi connectivity index (χ4v) is 4.04. The number of carbonyl (C=O) groups is 1. The van der Waals surface area contributed by atoms with Crippen LogP contribution in [0.5, 0.6) is 23.0 Å². The normalized spacial score (nSPS) is 12.9. The molecule has 0 spiro atoms. The third-order valence-corrected chi connectivity index (χ3v) is 6.12. The highest BCUT2D eigenvalue weighted by molar-refractivity contribution is 5.91. The summed E-state index contributed by atoms with van der Waals surface area (Å²) in [5.41, 5.74) is 3.09. The molecule has 0 bridgehead atoms. The van der Waals surface area contributed by atoms with Gasteiger partial charge in [0, 0.05) is 29.7 Å². The molecule has 6 N–H and O–H groups in total. The minimum atomic E-state index is -1.17. The van der Waals surface area contributed by atoms with Crippen molar-refractivity contribution >= 4 is 22.9 Å². The number of fused-ring (bicyclic) bond motifs is 1. The van der Waals surface area contributed by atoms with Crippen molar-refractivity contribution in [2.75, 3.05) is 20.3 Å². The van der Waals surface area contributed by atoms with Gasteiger partial charge in [0.15, 0.2) is 17.6 Å². The number of benzene rings is 3. The van der Waals surface area contributed by atoms with Crippen LogP contribution < -0.4 is 14.8 Å². The number of phenolic OH excluding ortho intramolecular Hbond substituents is 2. The van der Waals surface area contributed by atoms with E-state index in [1.165, 1.54) is 31.4 Å². The van der Waals surface area contributed by atoms with Gasteiger partial charge in [-0.25, -0.2) is 0 Å². The van der Waals surface area contributed by atoms with Gasteiger partial charge in [-0.2, -0.15) is 0 Å². The Kier molecular flexibility index (Phi) is 8.52. The highest BCUT2D eigenvalue weighted by atomic mass is 16.5. The van der Waals surface area contributed by atoms with E-state index in [1.54, 1.807) is 36.4 Å². The largest absolute Gasteiger partial charge is 0.508 e. The molecule has 0 fully saturated rings. The fraction of sp³-hybridized carbons (Fsp3) is 0.207. The van der Waals surface area contributed by atoms with E-state index in [9.17, 15) is 25.2 Å². The minimum absolute atomic E-state index is 0.0556.